The molecule has 0 aliphatic carbocycles. The summed E-state index contributed by atoms with van der Waals surface area (Å²) in [7, 11) is 0. The zero-order valence-corrected chi connectivity index (χ0v) is 11.0. The summed E-state index contributed by atoms with van der Waals surface area (Å²) >= 11 is 0. The maximum absolute atomic E-state index is 12.0. The van der Waals surface area contributed by atoms with Crippen molar-refractivity contribution in [3.63, 3.8) is 0 Å². The molecule has 2 rings (SSSR count). The largest absolute Gasteiger partial charge is 0.349 e. The van der Waals surface area contributed by atoms with Crippen molar-refractivity contribution in [3.8, 4) is 0 Å². The van der Waals surface area contributed by atoms with Crippen LogP contribution in [0.25, 0.3) is 0 Å². The molecule has 0 fully saturated rings. The van der Waals surface area contributed by atoms with Crippen LogP contribution >= 0.6 is 0 Å². The van der Waals surface area contributed by atoms with Crippen LogP contribution in [0.3, 0.4) is 0 Å². The minimum absolute atomic E-state index is 0.0378. The first-order chi connectivity index (χ1) is 9.15. The quantitative estimate of drug-likeness (QED) is 0.910. The Morgan fingerprint density at radius 1 is 1.32 bits per heavy atom. The van der Waals surface area contributed by atoms with Crippen LogP contribution in [0.2, 0.25) is 0 Å². The number of hydrogen-bond donors (Lipinski definition) is 1. The van der Waals surface area contributed by atoms with E-state index in [4.69, 9.17) is 0 Å². The standard InChI is InChI=1S/C16H17N2O/c1-12-6-5-7-14(10-12)16(19)18-13(2)11-15-8-3-4-9-17-15/h3-10,13H,1,11H2,2H3,(H,18,19). The summed E-state index contributed by atoms with van der Waals surface area (Å²) in [6.45, 7) is 5.79. The van der Waals surface area contributed by atoms with Gasteiger partial charge in [0.1, 0.15) is 0 Å². The second-order valence-corrected chi connectivity index (χ2v) is 4.60. The van der Waals surface area contributed by atoms with E-state index in [0.29, 0.717) is 5.56 Å². The number of nitrogens with one attached hydrogen (secondary N) is 1. The highest BCUT2D eigenvalue weighted by molar-refractivity contribution is 5.94. The molecular weight excluding hydrogens is 236 g/mol. The monoisotopic (exact) mass is 253 g/mol. The molecule has 1 unspecified atom stereocenters. The second-order valence-electron chi connectivity index (χ2n) is 4.60. The predicted octanol–water partition coefficient (Wildman–Crippen LogP) is 2.62. The van der Waals surface area contributed by atoms with Gasteiger partial charge in [-0.05, 0) is 43.7 Å². The zero-order chi connectivity index (χ0) is 13.7. The van der Waals surface area contributed by atoms with Crippen LogP contribution in [0, 0.1) is 6.92 Å². The van der Waals surface area contributed by atoms with Crippen LogP contribution in [0.15, 0.2) is 48.7 Å². The Labute approximate surface area is 113 Å². The van der Waals surface area contributed by atoms with Crippen molar-refractivity contribution < 1.29 is 4.79 Å². The number of aromatic nitrogens is 1. The Morgan fingerprint density at radius 3 is 2.84 bits per heavy atom. The average molecular weight is 253 g/mol. The van der Waals surface area contributed by atoms with E-state index in [1.165, 1.54) is 0 Å². The number of carbonyl (C=O) groups is 1. The van der Waals surface area contributed by atoms with Crippen molar-refractivity contribution in [1.82, 2.24) is 10.3 Å². The SMILES string of the molecule is [CH2]c1cccc(C(=O)NC(C)Cc2ccccn2)c1. The molecule has 19 heavy (non-hydrogen) atoms. The van der Waals surface area contributed by atoms with E-state index >= 15 is 0 Å². The van der Waals surface area contributed by atoms with Crippen LogP contribution in [0.1, 0.15) is 28.5 Å². The van der Waals surface area contributed by atoms with Crippen molar-refractivity contribution in [1.29, 1.82) is 0 Å². The van der Waals surface area contributed by atoms with Gasteiger partial charge >= 0.3 is 0 Å². The topological polar surface area (TPSA) is 42.0 Å². The highest BCUT2D eigenvalue weighted by atomic mass is 16.1. The van der Waals surface area contributed by atoms with E-state index in [9.17, 15) is 4.79 Å². The number of nitrogens with zero attached hydrogens (tertiary/aromatic N) is 1. The fourth-order valence-corrected chi connectivity index (χ4v) is 1.90. The molecule has 1 amide bonds. The Morgan fingerprint density at radius 2 is 2.16 bits per heavy atom. The van der Waals surface area contributed by atoms with E-state index in [2.05, 4.69) is 17.2 Å². The molecule has 2 aromatic rings. The minimum Gasteiger partial charge on any atom is -0.349 e. The van der Waals surface area contributed by atoms with Gasteiger partial charge in [0.05, 0.1) is 0 Å². The van der Waals surface area contributed by atoms with Crippen molar-refractivity contribution >= 4 is 5.91 Å². The van der Waals surface area contributed by atoms with Gasteiger partial charge in [0.25, 0.3) is 5.91 Å². The van der Waals surface area contributed by atoms with Gasteiger partial charge < -0.3 is 5.32 Å². The summed E-state index contributed by atoms with van der Waals surface area (Å²) in [6, 6.07) is 13.1. The molecule has 0 saturated heterocycles. The molecule has 0 bridgehead atoms. The number of benzene rings is 1. The molecule has 1 heterocycles. The van der Waals surface area contributed by atoms with Crippen molar-refractivity contribution in [3.05, 3.63) is 72.4 Å². The van der Waals surface area contributed by atoms with Crippen molar-refractivity contribution in [2.24, 2.45) is 0 Å². The van der Waals surface area contributed by atoms with Gasteiger partial charge in [-0.25, -0.2) is 0 Å². The molecule has 3 heteroatoms. The summed E-state index contributed by atoms with van der Waals surface area (Å²) < 4.78 is 0. The van der Waals surface area contributed by atoms with Crippen LogP contribution < -0.4 is 5.32 Å². The lowest BCUT2D eigenvalue weighted by atomic mass is 10.1. The number of hydrogen-bond acceptors (Lipinski definition) is 2. The molecule has 1 atom stereocenters. The van der Waals surface area contributed by atoms with Crippen LogP contribution in [-0.2, 0) is 6.42 Å². The lowest BCUT2D eigenvalue weighted by Gasteiger charge is -2.13. The lowest BCUT2D eigenvalue weighted by Crippen LogP contribution is -2.34. The van der Waals surface area contributed by atoms with Gasteiger partial charge in [-0.1, -0.05) is 18.2 Å². The Kier molecular flexibility index (Phi) is 4.29. The first-order valence-corrected chi connectivity index (χ1v) is 6.28. The fourth-order valence-electron chi connectivity index (χ4n) is 1.90. The summed E-state index contributed by atoms with van der Waals surface area (Å²) in [4.78, 5) is 16.3. The third kappa shape index (κ3) is 3.91. The average Bonchev–Trinajstić information content (AvgIpc) is 2.39. The normalized spacial score (nSPS) is 11.9. The molecule has 0 saturated carbocycles. The number of rotatable bonds is 4. The van der Waals surface area contributed by atoms with Crippen LogP contribution in [-0.4, -0.2) is 16.9 Å². The molecule has 0 spiro atoms. The number of amides is 1. The molecule has 0 aliphatic heterocycles. The van der Waals surface area contributed by atoms with E-state index in [1.54, 1.807) is 18.3 Å². The van der Waals surface area contributed by atoms with Gasteiger partial charge in [0, 0.05) is 29.9 Å². The molecule has 1 aromatic heterocycles. The van der Waals surface area contributed by atoms with Crippen molar-refractivity contribution in [2.45, 2.75) is 19.4 Å². The highest BCUT2D eigenvalue weighted by Gasteiger charge is 2.10. The third-order valence-corrected chi connectivity index (χ3v) is 2.81. The maximum atomic E-state index is 12.0. The van der Waals surface area contributed by atoms with Gasteiger partial charge in [-0.15, -0.1) is 0 Å². The minimum atomic E-state index is -0.0751. The Bertz CT molecular complexity index is 552. The van der Waals surface area contributed by atoms with E-state index < -0.39 is 0 Å². The summed E-state index contributed by atoms with van der Waals surface area (Å²) in [5, 5.41) is 2.97. The first-order valence-electron chi connectivity index (χ1n) is 6.28. The molecule has 1 radical (unpaired) electrons. The third-order valence-electron chi connectivity index (χ3n) is 2.81. The molecule has 97 valence electrons. The van der Waals surface area contributed by atoms with Crippen LogP contribution in [0.5, 0.6) is 0 Å². The molecule has 3 nitrogen and oxygen atoms in total. The van der Waals surface area contributed by atoms with E-state index in [1.807, 2.05) is 37.3 Å². The summed E-state index contributed by atoms with van der Waals surface area (Å²) in [5.41, 5.74) is 2.45. The lowest BCUT2D eigenvalue weighted by molar-refractivity contribution is 0.0940. The molecular formula is C16H17N2O. The van der Waals surface area contributed by atoms with E-state index in [0.717, 1.165) is 17.7 Å². The second kappa shape index (κ2) is 6.14. The van der Waals surface area contributed by atoms with Gasteiger partial charge in [-0.3, -0.25) is 9.78 Å². The van der Waals surface area contributed by atoms with Crippen LogP contribution in [0.4, 0.5) is 0 Å². The van der Waals surface area contributed by atoms with Gasteiger partial charge in [-0.2, -0.15) is 0 Å². The summed E-state index contributed by atoms with van der Waals surface area (Å²) in [6.07, 6.45) is 2.48. The van der Waals surface area contributed by atoms with E-state index in [-0.39, 0.29) is 11.9 Å². The predicted molar refractivity (Wildman–Crippen MR) is 75.8 cm³/mol. The zero-order valence-electron chi connectivity index (χ0n) is 11.0. The van der Waals surface area contributed by atoms with Crippen molar-refractivity contribution in [2.75, 3.05) is 0 Å². The Hall–Kier alpha value is -2.16. The number of carbonyl (C=O) groups excluding carboxylic acids is 1. The smallest absolute Gasteiger partial charge is 0.251 e. The van der Waals surface area contributed by atoms with Gasteiger partial charge in [0.15, 0.2) is 0 Å². The first kappa shape index (κ1) is 13.3. The molecule has 1 aromatic carbocycles. The Balaban J connectivity index is 1.95. The molecule has 0 aliphatic rings. The van der Waals surface area contributed by atoms with Gasteiger partial charge in [0.2, 0.25) is 0 Å². The number of pyridine rings is 1. The highest BCUT2D eigenvalue weighted by Crippen LogP contribution is 2.05. The fraction of sp³-hybridized carbons (Fsp3) is 0.188. The maximum Gasteiger partial charge on any atom is 0.251 e. The molecule has 1 N–H and O–H groups in total. The summed E-state index contributed by atoms with van der Waals surface area (Å²) in [5.74, 6) is -0.0751.